The molecule has 0 atom stereocenters. The molecule has 0 fully saturated rings. The first-order valence-corrected chi connectivity index (χ1v) is 5.38. The van der Waals surface area contributed by atoms with Gasteiger partial charge in [-0.2, -0.15) is 0 Å². The molecule has 82 valence electrons. The van der Waals surface area contributed by atoms with E-state index in [0.717, 1.165) is 16.5 Å². The predicted octanol–water partition coefficient (Wildman–Crippen LogP) is 3.46. The average Bonchev–Trinajstić information content (AvgIpc) is 2.26. The first-order chi connectivity index (χ1) is 7.48. The van der Waals surface area contributed by atoms with Crippen LogP contribution in [0.5, 0.6) is 0 Å². The third-order valence-corrected chi connectivity index (χ3v) is 2.55. The molecule has 0 aliphatic heterocycles. The molecule has 2 aromatic rings. The zero-order valence-corrected chi connectivity index (χ0v) is 9.82. The Morgan fingerprint density at radius 3 is 2.62 bits per heavy atom. The van der Waals surface area contributed by atoms with Gasteiger partial charge >= 0.3 is 0 Å². The van der Waals surface area contributed by atoms with E-state index in [1.165, 1.54) is 0 Å². The van der Waals surface area contributed by atoms with Crippen molar-refractivity contribution >= 4 is 16.7 Å². The zero-order valence-electron chi connectivity index (χ0n) is 9.82. The molecular formula is C14H15NO. The molecule has 0 N–H and O–H groups in total. The van der Waals surface area contributed by atoms with Crippen molar-refractivity contribution in [2.45, 2.75) is 20.8 Å². The minimum atomic E-state index is -0.337. The van der Waals surface area contributed by atoms with Crippen molar-refractivity contribution in [1.82, 2.24) is 4.98 Å². The second-order valence-corrected chi connectivity index (χ2v) is 4.99. The Morgan fingerprint density at radius 2 is 1.94 bits per heavy atom. The third-order valence-electron chi connectivity index (χ3n) is 2.55. The quantitative estimate of drug-likeness (QED) is 0.679. The number of Topliss-reactive ketones (excluding diaryl/α,β-unsaturated/α-hetero) is 1. The van der Waals surface area contributed by atoms with Gasteiger partial charge < -0.3 is 0 Å². The van der Waals surface area contributed by atoms with Gasteiger partial charge in [-0.25, -0.2) is 0 Å². The van der Waals surface area contributed by atoms with Crippen LogP contribution < -0.4 is 0 Å². The lowest BCUT2D eigenvalue weighted by Gasteiger charge is -2.16. The number of fused-ring (bicyclic) bond motifs is 1. The number of nitrogens with zero attached hydrogens (tertiary/aromatic N) is 1. The molecule has 2 heteroatoms. The van der Waals surface area contributed by atoms with Crippen LogP contribution in [-0.2, 0) is 0 Å². The van der Waals surface area contributed by atoms with Gasteiger partial charge in [-0.05, 0) is 24.3 Å². The molecule has 2 rings (SSSR count). The summed E-state index contributed by atoms with van der Waals surface area (Å²) in [7, 11) is 0. The van der Waals surface area contributed by atoms with E-state index in [0.29, 0.717) is 0 Å². The molecule has 16 heavy (non-hydrogen) atoms. The second kappa shape index (κ2) is 3.71. The number of pyridine rings is 1. The van der Waals surface area contributed by atoms with Gasteiger partial charge in [0.2, 0.25) is 0 Å². The number of ketones is 1. The molecule has 0 aliphatic rings. The summed E-state index contributed by atoms with van der Waals surface area (Å²) in [6.45, 7) is 5.80. The molecule has 0 unspecified atom stereocenters. The number of carbonyl (C=O) groups is 1. The van der Waals surface area contributed by atoms with Crippen molar-refractivity contribution < 1.29 is 4.79 Å². The fourth-order valence-electron chi connectivity index (χ4n) is 1.65. The Morgan fingerprint density at radius 1 is 1.19 bits per heavy atom. The van der Waals surface area contributed by atoms with Crippen molar-refractivity contribution in [3.8, 4) is 0 Å². The second-order valence-electron chi connectivity index (χ2n) is 4.99. The molecule has 0 spiro atoms. The first-order valence-electron chi connectivity index (χ1n) is 5.38. The average molecular weight is 213 g/mol. The minimum Gasteiger partial charge on any atom is -0.294 e. The lowest BCUT2D eigenvalue weighted by Crippen LogP contribution is -2.20. The van der Waals surface area contributed by atoms with E-state index in [2.05, 4.69) is 4.98 Å². The van der Waals surface area contributed by atoms with Crippen LogP contribution in [0.4, 0.5) is 0 Å². The maximum Gasteiger partial charge on any atom is 0.168 e. The van der Waals surface area contributed by atoms with Gasteiger partial charge in [0.25, 0.3) is 0 Å². The maximum absolute atomic E-state index is 12.1. The fourth-order valence-corrected chi connectivity index (χ4v) is 1.65. The summed E-state index contributed by atoms with van der Waals surface area (Å²) in [4.78, 5) is 16.3. The molecule has 0 aliphatic carbocycles. The number of hydrogen-bond acceptors (Lipinski definition) is 2. The van der Waals surface area contributed by atoms with Crippen molar-refractivity contribution in [1.29, 1.82) is 0 Å². The lowest BCUT2D eigenvalue weighted by atomic mass is 9.86. The Hall–Kier alpha value is -1.70. The van der Waals surface area contributed by atoms with Crippen LogP contribution >= 0.6 is 0 Å². The van der Waals surface area contributed by atoms with E-state index in [4.69, 9.17) is 0 Å². The summed E-state index contributed by atoms with van der Waals surface area (Å²) in [6.07, 6.45) is 1.76. The number of hydrogen-bond donors (Lipinski definition) is 0. The molecule has 1 aromatic carbocycles. The maximum atomic E-state index is 12.1. The SMILES string of the molecule is CC(C)(C)C(=O)c1ccc2ncccc2c1. The van der Waals surface area contributed by atoms with E-state index in [-0.39, 0.29) is 11.2 Å². The van der Waals surface area contributed by atoms with Crippen LogP contribution in [0.15, 0.2) is 36.5 Å². The van der Waals surface area contributed by atoms with Crippen LogP contribution in [0.25, 0.3) is 10.9 Å². The van der Waals surface area contributed by atoms with Crippen LogP contribution in [0.3, 0.4) is 0 Å². The molecule has 2 nitrogen and oxygen atoms in total. The monoisotopic (exact) mass is 213 g/mol. The molecular weight excluding hydrogens is 198 g/mol. The molecule has 0 radical (unpaired) electrons. The smallest absolute Gasteiger partial charge is 0.168 e. The van der Waals surface area contributed by atoms with Crippen LogP contribution in [0, 0.1) is 5.41 Å². The highest BCUT2D eigenvalue weighted by molar-refractivity contribution is 6.02. The molecule has 0 saturated carbocycles. The standard InChI is InChI=1S/C14H15NO/c1-14(2,3)13(16)11-6-7-12-10(9-11)5-4-8-15-12/h4-9H,1-3H3. The topological polar surface area (TPSA) is 30.0 Å². The number of benzene rings is 1. The van der Waals surface area contributed by atoms with E-state index < -0.39 is 0 Å². The van der Waals surface area contributed by atoms with Gasteiger partial charge in [-0.3, -0.25) is 9.78 Å². The lowest BCUT2D eigenvalue weighted by molar-refractivity contribution is 0.0858. The van der Waals surface area contributed by atoms with E-state index in [1.54, 1.807) is 6.20 Å². The summed E-state index contributed by atoms with van der Waals surface area (Å²) in [5.74, 6) is 0.165. The van der Waals surface area contributed by atoms with Crippen LogP contribution in [0.1, 0.15) is 31.1 Å². The van der Waals surface area contributed by atoms with Gasteiger partial charge in [0.15, 0.2) is 5.78 Å². The van der Waals surface area contributed by atoms with E-state index >= 15 is 0 Å². The zero-order chi connectivity index (χ0) is 11.8. The predicted molar refractivity (Wildman–Crippen MR) is 65.5 cm³/mol. The fraction of sp³-hybridized carbons (Fsp3) is 0.286. The van der Waals surface area contributed by atoms with Gasteiger partial charge in [0.1, 0.15) is 0 Å². The normalized spacial score (nSPS) is 11.7. The highest BCUT2D eigenvalue weighted by Gasteiger charge is 2.22. The molecule has 1 aromatic heterocycles. The third kappa shape index (κ3) is 1.96. The molecule has 0 amide bonds. The highest BCUT2D eigenvalue weighted by Crippen LogP contribution is 2.22. The highest BCUT2D eigenvalue weighted by atomic mass is 16.1. The van der Waals surface area contributed by atoms with Crippen molar-refractivity contribution in [3.63, 3.8) is 0 Å². The van der Waals surface area contributed by atoms with Crippen molar-refractivity contribution in [3.05, 3.63) is 42.1 Å². The van der Waals surface area contributed by atoms with Gasteiger partial charge in [-0.15, -0.1) is 0 Å². The Kier molecular flexibility index (Phi) is 2.50. The number of carbonyl (C=O) groups excluding carboxylic acids is 1. The van der Waals surface area contributed by atoms with Gasteiger partial charge in [0.05, 0.1) is 5.52 Å². The Bertz CT molecular complexity index is 538. The van der Waals surface area contributed by atoms with E-state index in [1.807, 2.05) is 51.1 Å². The Labute approximate surface area is 95.3 Å². The summed E-state index contributed by atoms with van der Waals surface area (Å²) in [6, 6.07) is 9.52. The Balaban J connectivity index is 2.52. The summed E-state index contributed by atoms with van der Waals surface area (Å²) >= 11 is 0. The van der Waals surface area contributed by atoms with Gasteiger partial charge in [-0.1, -0.05) is 26.8 Å². The summed E-state index contributed by atoms with van der Waals surface area (Å²) in [5.41, 5.74) is 1.34. The van der Waals surface area contributed by atoms with Gasteiger partial charge in [0, 0.05) is 22.6 Å². The number of rotatable bonds is 1. The summed E-state index contributed by atoms with van der Waals surface area (Å²) in [5, 5.41) is 1.01. The minimum absolute atomic E-state index is 0.165. The van der Waals surface area contributed by atoms with Crippen molar-refractivity contribution in [2.75, 3.05) is 0 Å². The van der Waals surface area contributed by atoms with E-state index in [9.17, 15) is 4.79 Å². The van der Waals surface area contributed by atoms with Crippen LogP contribution in [0.2, 0.25) is 0 Å². The summed E-state index contributed by atoms with van der Waals surface area (Å²) < 4.78 is 0. The molecule has 1 heterocycles. The van der Waals surface area contributed by atoms with Crippen LogP contribution in [-0.4, -0.2) is 10.8 Å². The van der Waals surface area contributed by atoms with Crippen molar-refractivity contribution in [2.24, 2.45) is 5.41 Å². The number of aromatic nitrogens is 1. The molecule has 0 bridgehead atoms. The first kappa shape index (κ1) is 10.8. The molecule has 0 saturated heterocycles. The largest absolute Gasteiger partial charge is 0.294 e.